The lowest BCUT2D eigenvalue weighted by atomic mass is 10.1. The summed E-state index contributed by atoms with van der Waals surface area (Å²) in [4.78, 5) is 38.5. The van der Waals surface area contributed by atoms with Crippen molar-refractivity contribution in [1.82, 2.24) is 15.8 Å². The second-order valence-corrected chi connectivity index (χ2v) is 10.5. The van der Waals surface area contributed by atoms with Gasteiger partial charge in [0.05, 0.1) is 17.4 Å². The quantitative estimate of drug-likeness (QED) is 0.638. The minimum atomic E-state index is -3.13. The number of nitrogens with one attached hydrogen (secondary N) is 2. The first-order valence-electron chi connectivity index (χ1n) is 10.5. The highest BCUT2D eigenvalue weighted by atomic mass is 32.2. The summed E-state index contributed by atoms with van der Waals surface area (Å²) in [6.45, 7) is 1.71. The van der Waals surface area contributed by atoms with Gasteiger partial charge in [-0.05, 0) is 36.2 Å². The smallest absolute Gasteiger partial charge is 0.279 e. The molecule has 0 bridgehead atoms. The molecule has 2 aliphatic heterocycles. The van der Waals surface area contributed by atoms with E-state index in [-0.39, 0.29) is 36.4 Å². The number of ether oxygens (including phenoxy) is 1. The van der Waals surface area contributed by atoms with Gasteiger partial charge in [-0.3, -0.25) is 25.2 Å². The van der Waals surface area contributed by atoms with Crippen LogP contribution in [-0.4, -0.2) is 61.2 Å². The summed E-state index contributed by atoms with van der Waals surface area (Å²) in [5, 5.41) is 2.04. The molecule has 170 valence electrons. The molecule has 0 aliphatic carbocycles. The Morgan fingerprint density at radius 1 is 1.12 bits per heavy atom. The zero-order valence-electron chi connectivity index (χ0n) is 17.6. The number of hydrazine groups is 1. The van der Waals surface area contributed by atoms with Gasteiger partial charge in [-0.15, -0.1) is 0 Å². The lowest BCUT2D eigenvalue weighted by molar-refractivity contribution is -0.134. The van der Waals surface area contributed by atoms with Gasteiger partial charge in [-0.25, -0.2) is 8.42 Å². The van der Waals surface area contributed by atoms with Crippen molar-refractivity contribution < 1.29 is 27.5 Å². The van der Waals surface area contributed by atoms with Crippen LogP contribution in [0.3, 0.4) is 0 Å². The number of hydrogen-bond donors (Lipinski definition) is 2. The zero-order chi connectivity index (χ0) is 22.9. The molecular weight excluding hydrogens is 434 g/mol. The number of nitrogens with zero attached hydrogens (tertiary/aromatic N) is 1. The summed E-state index contributed by atoms with van der Waals surface area (Å²) in [5.74, 6) is -1.39. The molecule has 3 unspecified atom stereocenters. The van der Waals surface area contributed by atoms with Crippen LogP contribution in [0.5, 0.6) is 5.75 Å². The summed E-state index contributed by atoms with van der Waals surface area (Å²) in [6.07, 6.45) is -0.480. The SMILES string of the molecule is CC(Oc1ccc2ccccc2c1)C(=O)NNC(=O)C1CC(=O)N(C2CCS(=O)(=O)C2)C1. The zero-order valence-corrected chi connectivity index (χ0v) is 18.4. The van der Waals surface area contributed by atoms with Gasteiger partial charge in [0.25, 0.3) is 5.91 Å². The molecule has 10 heteroatoms. The molecule has 2 aromatic rings. The Morgan fingerprint density at radius 2 is 1.88 bits per heavy atom. The Bertz CT molecular complexity index is 1170. The van der Waals surface area contributed by atoms with Crippen molar-refractivity contribution >= 4 is 38.3 Å². The molecule has 2 aromatic carbocycles. The minimum absolute atomic E-state index is 0.0125. The maximum Gasteiger partial charge on any atom is 0.279 e. The third-order valence-electron chi connectivity index (χ3n) is 5.89. The van der Waals surface area contributed by atoms with E-state index in [2.05, 4.69) is 10.9 Å². The number of carbonyl (C=O) groups excluding carboxylic acids is 3. The van der Waals surface area contributed by atoms with Gasteiger partial charge in [0.2, 0.25) is 11.8 Å². The van der Waals surface area contributed by atoms with E-state index in [1.165, 1.54) is 4.90 Å². The minimum Gasteiger partial charge on any atom is -0.481 e. The molecular formula is C22H25N3O6S. The van der Waals surface area contributed by atoms with E-state index in [9.17, 15) is 22.8 Å². The number of likely N-dealkylation sites (tertiary alicyclic amines) is 1. The lowest BCUT2D eigenvalue weighted by Crippen LogP contribution is -2.49. The van der Waals surface area contributed by atoms with Gasteiger partial charge in [-0.2, -0.15) is 0 Å². The Balaban J connectivity index is 1.27. The summed E-state index contributed by atoms with van der Waals surface area (Å²) in [6, 6.07) is 12.9. The second-order valence-electron chi connectivity index (χ2n) is 8.25. The largest absolute Gasteiger partial charge is 0.481 e. The van der Waals surface area contributed by atoms with E-state index >= 15 is 0 Å². The van der Waals surface area contributed by atoms with Crippen LogP contribution in [0, 0.1) is 5.92 Å². The molecule has 2 N–H and O–H groups in total. The number of fused-ring (bicyclic) bond motifs is 1. The van der Waals surface area contributed by atoms with Crippen molar-refractivity contribution in [3.05, 3.63) is 42.5 Å². The van der Waals surface area contributed by atoms with Crippen LogP contribution in [0.4, 0.5) is 0 Å². The molecule has 0 saturated carbocycles. The van der Waals surface area contributed by atoms with Crippen LogP contribution in [0.1, 0.15) is 19.8 Å². The predicted octanol–water partition coefficient (Wildman–Crippen LogP) is 0.790. The molecule has 9 nitrogen and oxygen atoms in total. The number of benzene rings is 2. The normalized spacial score (nSPS) is 23.2. The number of rotatable bonds is 5. The maximum absolute atomic E-state index is 12.4. The first-order chi connectivity index (χ1) is 15.2. The number of hydrogen-bond acceptors (Lipinski definition) is 6. The van der Waals surface area contributed by atoms with Crippen molar-refractivity contribution in [2.24, 2.45) is 5.92 Å². The van der Waals surface area contributed by atoms with Crippen LogP contribution in [0.15, 0.2) is 42.5 Å². The summed E-state index contributed by atoms with van der Waals surface area (Å²) >= 11 is 0. The van der Waals surface area contributed by atoms with E-state index in [0.29, 0.717) is 12.2 Å². The van der Waals surface area contributed by atoms with E-state index in [1.54, 1.807) is 13.0 Å². The van der Waals surface area contributed by atoms with Gasteiger partial charge in [0.1, 0.15) is 5.75 Å². The predicted molar refractivity (Wildman–Crippen MR) is 117 cm³/mol. The van der Waals surface area contributed by atoms with Crippen molar-refractivity contribution in [3.63, 3.8) is 0 Å². The molecule has 3 amide bonds. The molecule has 4 rings (SSSR count). The molecule has 2 saturated heterocycles. The second kappa shape index (κ2) is 8.78. The van der Waals surface area contributed by atoms with Crippen molar-refractivity contribution in [1.29, 1.82) is 0 Å². The van der Waals surface area contributed by atoms with Crippen LogP contribution in [-0.2, 0) is 24.2 Å². The number of amides is 3. The molecule has 3 atom stereocenters. The van der Waals surface area contributed by atoms with E-state index in [1.807, 2.05) is 36.4 Å². The average Bonchev–Trinajstić information content (AvgIpc) is 3.33. The van der Waals surface area contributed by atoms with Crippen LogP contribution >= 0.6 is 0 Å². The lowest BCUT2D eigenvalue weighted by Gasteiger charge is -2.23. The number of sulfone groups is 1. The van der Waals surface area contributed by atoms with Gasteiger partial charge in [0, 0.05) is 19.0 Å². The molecule has 0 radical (unpaired) electrons. The maximum atomic E-state index is 12.4. The highest BCUT2D eigenvalue weighted by Crippen LogP contribution is 2.26. The fourth-order valence-electron chi connectivity index (χ4n) is 4.11. The standard InChI is InChI=1S/C22H25N3O6S/c1-14(31-19-7-6-15-4-2-3-5-16(15)10-19)21(27)23-24-22(28)17-11-20(26)25(12-17)18-8-9-32(29,30)13-18/h2-7,10,14,17-18H,8-9,11-13H2,1H3,(H,23,27)(H,24,28). The third-order valence-corrected chi connectivity index (χ3v) is 7.64. The van der Waals surface area contributed by atoms with Gasteiger partial charge >= 0.3 is 0 Å². The first kappa shape index (κ1) is 22.1. The summed E-state index contributed by atoms with van der Waals surface area (Å²) in [5.41, 5.74) is 4.69. The Morgan fingerprint density at radius 3 is 2.59 bits per heavy atom. The Kier molecular flexibility index (Phi) is 6.05. The van der Waals surface area contributed by atoms with E-state index in [0.717, 1.165) is 10.8 Å². The molecule has 2 heterocycles. The third kappa shape index (κ3) is 4.85. The van der Waals surface area contributed by atoms with Gasteiger partial charge < -0.3 is 9.64 Å². The molecule has 2 fully saturated rings. The topological polar surface area (TPSA) is 122 Å². The number of carbonyl (C=O) groups is 3. The average molecular weight is 460 g/mol. The summed E-state index contributed by atoms with van der Waals surface area (Å²) in [7, 11) is -3.13. The molecule has 0 aromatic heterocycles. The summed E-state index contributed by atoms with van der Waals surface area (Å²) < 4.78 is 29.0. The monoisotopic (exact) mass is 459 g/mol. The highest BCUT2D eigenvalue weighted by molar-refractivity contribution is 7.91. The van der Waals surface area contributed by atoms with Gasteiger partial charge in [-0.1, -0.05) is 30.3 Å². The van der Waals surface area contributed by atoms with Crippen LogP contribution in [0.2, 0.25) is 0 Å². The van der Waals surface area contributed by atoms with Crippen molar-refractivity contribution in [3.8, 4) is 5.75 Å². The molecule has 0 spiro atoms. The Hall–Kier alpha value is -3.14. The first-order valence-corrected chi connectivity index (χ1v) is 12.3. The Labute approximate surface area is 186 Å². The van der Waals surface area contributed by atoms with Crippen molar-refractivity contribution in [2.75, 3.05) is 18.1 Å². The van der Waals surface area contributed by atoms with Gasteiger partial charge in [0.15, 0.2) is 15.9 Å². The highest BCUT2D eigenvalue weighted by Gasteiger charge is 2.42. The van der Waals surface area contributed by atoms with Crippen LogP contribution < -0.4 is 15.6 Å². The van der Waals surface area contributed by atoms with E-state index < -0.39 is 33.7 Å². The van der Waals surface area contributed by atoms with Crippen LogP contribution in [0.25, 0.3) is 10.8 Å². The fraction of sp³-hybridized carbons (Fsp3) is 0.409. The molecule has 32 heavy (non-hydrogen) atoms. The fourth-order valence-corrected chi connectivity index (χ4v) is 5.84. The molecule has 2 aliphatic rings. The van der Waals surface area contributed by atoms with Crippen molar-refractivity contribution in [2.45, 2.75) is 31.9 Å². The van der Waals surface area contributed by atoms with E-state index in [4.69, 9.17) is 4.74 Å².